The van der Waals surface area contributed by atoms with Crippen molar-refractivity contribution < 1.29 is 0 Å². The number of nitrogens with two attached hydrogens (primary N) is 1. The van der Waals surface area contributed by atoms with Crippen LogP contribution in [0.1, 0.15) is 65.2 Å². The van der Waals surface area contributed by atoms with Crippen molar-refractivity contribution in [2.45, 2.75) is 71.3 Å². The van der Waals surface area contributed by atoms with E-state index >= 15 is 0 Å². The number of nitrogens with one attached hydrogen (secondary N) is 1. The van der Waals surface area contributed by atoms with Gasteiger partial charge in [0, 0.05) is 6.04 Å². The first-order valence-electron chi connectivity index (χ1n) is 6.75. The Labute approximate surface area is 95.0 Å². The van der Waals surface area contributed by atoms with E-state index in [1.54, 1.807) is 0 Å². The zero-order valence-electron chi connectivity index (χ0n) is 10.5. The second kappa shape index (κ2) is 7.24. The molecule has 1 aliphatic rings. The fraction of sp³-hybridized carbons (Fsp3) is 1.00. The molecule has 0 aromatic rings. The van der Waals surface area contributed by atoms with Gasteiger partial charge >= 0.3 is 0 Å². The molecule has 2 unspecified atom stereocenters. The first-order chi connectivity index (χ1) is 7.29. The molecule has 0 heterocycles. The normalized spacial score (nSPS) is 24.2. The average Bonchev–Trinajstić information content (AvgIpc) is 2.21. The summed E-state index contributed by atoms with van der Waals surface area (Å²) in [6, 6.07) is 0.535. The van der Waals surface area contributed by atoms with Crippen LogP contribution in [-0.2, 0) is 0 Å². The Bertz CT molecular complexity index is 151. The van der Waals surface area contributed by atoms with Crippen molar-refractivity contribution in [2.75, 3.05) is 0 Å². The smallest absolute Gasteiger partial charge is 0.0264 e. The van der Waals surface area contributed by atoms with Gasteiger partial charge in [-0.2, -0.15) is 0 Å². The molecule has 0 aliphatic heterocycles. The summed E-state index contributed by atoms with van der Waals surface area (Å²) in [6.45, 7) is 4.58. The Morgan fingerprint density at radius 3 is 2.13 bits per heavy atom. The first kappa shape index (κ1) is 13.0. The van der Waals surface area contributed by atoms with Crippen LogP contribution in [0, 0.1) is 11.8 Å². The highest BCUT2D eigenvalue weighted by Gasteiger charge is 2.24. The van der Waals surface area contributed by atoms with Crippen molar-refractivity contribution >= 4 is 0 Å². The van der Waals surface area contributed by atoms with E-state index in [1.165, 1.54) is 51.4 Å². The lowest BCUT2D eigenvalue weighted by atomic mass is 9.80. The summed E-state index contributed by atoms with van der Waals surface area (Å²) >= 11 is 0. The standard InChI is InChI=1S/C13H28N2/c1-3-11(2)13(15-14)12-9-7-5-4-6-8-10-12/h11-13,15H,3-10,14H2,1-2H3. The number of hydrazine groups is 1. The van der Waals surface area contributed by atoms with Crippen LogP contribution in [0.3, 0.4) is 0 Å². The van der Waals surface area contributed by atoms with E-state index in [-0.39, 0.29) is 0 Å². The molecular formula is C13H28N2. The molecule has 1 rings (SSSR count). The molecule has 2 nitrogen and oxygen atoms in total. The van der Waals surface area contributed by atoms with Crippen molar-refractivity contribution in [3.63, 3.8) is 0 Å². The number of hydrogen-bond acceptors (Lipinski definition) is 2. The SMILES string of the molecule is CCC(C)C(NN)C1CCCCCCC1. The van der Waals surface area contributed by atoms with Gasteiger partial charge in [0.15, 0.2) is 0 Å². The fourth-order valence-corrected chi connectivity index (χ4v) is 2.87. The quantitative estimate of drug-likeness (QED) is 0.554. The molecule has 1 fully saturated rings. The fourth-order valence-electron chi connectivity index (χ4n) is 2.87. The molecule has 0 radical (unpaired) electrons. The minimum atomic E-state index is 0.535. The van der Waals surface area contributed by atoms with Gasteiger partial charge in [0.25, 0.3) is 0 Å². The predicted molar refractivity (Wildman–Crippen MR) is 66.4 cm³/mol. The van der Waals surface area contributed by atoms with Crippen LogP contribution in [-0.4, -0.2) is 6.04 Å². The van der Waals surface area contributed by atoms with Crippen LogP contribution in [0.2, 0.25) is 0 Å². The number of hydrogen-bond donors (Lipinski definition) is 2. The second-order valence-electron chi connectivity index (χ2n) is 5.18. The Kier molecular flexibility index (Phi) is 6.26. The van der Waals surface area contributed by atoms with E-state index in [9.17, 15) is 0 Å². The third kappa shape index (κ3) is 4.12. The van der Waals surface area contributed by atoms with E-state index in [0.29, 0.717) is 12.0 Å². The maximum Gasteiger partial charge on any atom is 0.0264 e. The highest BCUT2D eigenvalue weighted by Crippen LogP contribution is 2.28. The van der Waals surface area contributed by atoms with Crippen LogP contribution in [0.15, 0.2) is 0 Å². The molecule has 0 saturated heterocycles. The van der Waals surface area contributed by atoms with Crippen LogP contribution >= 0.6 is 0 Å². The van der Waals surface area contributed by atoms with Crippen LogP contribution in [0.25, 0.3) is 0 Å². The van der Waals surface area contributed by atoms with Gasteiger partial charge in [0.05, 0.1) is 0 Å². The Morgan fingerprint density at radius 1 is 1.13 bits per heavy atom. The summed E-state index contributed by atoms with van der Waals surface area (Å²) < 4.78 is 0. The van der Waals surface area contributed by atoms with E-state index < -0.39 is 0 Å². The number of rotatable bonds is 4. The summed E-state index contributed by atoms with van der Waals surface area (Å²) in [4.78, 5) is 0. The molecule has 2 heteroatoms. The van der Waals surface area contributed by atoms with Gasteiger partial charge in [-0.1, -0.05) is 52.4 Å². The minimum absolute atomic E-state index is 0.535. The topological polar surface area (TPSA) is 38.0 Å². The molecule has 0 amide bonds. The van der Waals surface area contributed by atoms with E-state index in [4.69, 9.17) is 5.84 Å². The van der Waals surface area contributed by atoms with Crippen LogP contribution in [0.5, 0.6) is 0 Å². The first-order valence-corrected chi connectivity index (χ1v) is 6.75. The van der Waals surface area contributed by atoms with E-state index in [1.807, 2.05) is 0 Å². The van der Waals surface area contributed by atoms with Gasteiger partial charge < -0.3 is 0 Å². The van der Waals surface area contributed by atoms with Crippen LogP contribution in [0.4, 0.5) is 0 Å². The van der Waals surface area contributed by atoms with E-state index in [0.717, 1.165) is 5.92 Å². The maximum absolute atomic E-state index is 5.72. The largest absolute Gasteiger partial charge is 0.271 e. The van der Waals surface area contributed by atoms with E-state index in [2.05, 4.69) is 19.3 Å². The lowest BCUT2D eigenvalue weighted by molar-refractivity contribution is 0.224. The molecule has 3 N–H and O–H groups in total. The van der Waals surface area contributed by atoms with Gasteiger partial charge in [-0.15, -0.1) is 0 Å². The lowest BCUT2D eigenvalue weighted by Gasteiger charge is -2.32. The summed E-state index contributed by atoms with van der Waals surface area (Å²) in [7, 11) is 0. The molecule has 90 valence electrons. The Hall–Kier alpha value is -0.0800. The molecule has 15 heavy (non-hydrogen) atoms. The molecule has 1 saturated carbocycles. The summed E-state index contributed by atoms with van der Waals surface area (Å²) in [5, 5.41) is 0. The average molecular weight is 212 g/mol. The lowest BCUT2D eigenvalue weighted by Crippen LogP contribution is -2.45. The second-order valence-corrected chi connectivity index (χ2v) is 5.18. The van der Waals surface area contributed by atoms with Gasteiger partial charge in [0.2, 0.25) is 0 Å². The Balaban J connectivity index is 2.47. The molecule has 0 spiro atoms. The van der Waals surface area contributed by atoms with Gasteiger partial charge in [-0.05, 0) is 24.7 Å². The summed E-state index contributed by atoms with van der Waals surface area (Å²) in [5.74, 6) is 7.24. The van der Waals surface area contributed by atoms with Crippen LogP contribution < -0.4 is 11.3 Å². The minimum Gasteiger partial charge on any atom is -0.271 e. The molecule has 0 aromatic carbocycles. The molecular weight excluding hydrogens is 184 g/mol. The zero-order valence-corrected chi connectivity index (χ0v) is 10.5. The van der Waals surface area contributed by atoms with Gasteiger partial charge in [-0.3, -0.25) is 11.3 Å². The molecule has 0 bridgehead atoms. The molecule has 2 atom stereocenters. The Morgan fingerprint density at radius 2 is 1.67 bits per heavy atom. The van der Waals surface area contributed by atoms with Gasteiger partial charge in [-0.25, -0.2) is 0 Å². The molecule has 0 aromatic heterocycles. The third-order valence-electron chi connectivity index (χ3n) is 4.11. The third-order valence-corrected chi connectivity index (χ3v) is 4.11. The summed E-state index contributed by atoms with van der Waals surface area (Å²) in [5.41, 5.74) is 3.07. The zero-order chi connectivity index (χ0) is 11.1. The monoisotopic (exact) mass is 212 g/mol. The maximum atomic E-state index is 5.72. The molecule has 1 aliphatic carbocycles. The van der Waals surface area contributed by atoms with Crippen molar-refractivity contribution in [3.05, 3.63) is 0 Å². The van der Waals surface area contributed by atoms with Crippen molar-refractivity contribution in [3.8, 4) is 0 Å². The predicted octanol–water partition coefficient (Wildman–Crippen LogP) is 3.22. The highest BCUT2D eigenvalue weighted by atomic mass is 15.2. The van der Waals surface area contributed by atoms with Crippen molar-refractivity contribution in [1.29, 1.82) is 0 Å². The van der Waals surface area contributed by atoms with Gasteiger partial charge in [0.1, 0.15) is 0 Å². The highest BCUT2D eigenvalue weighted by molar-refractivity contribution is 4.79. The summed E-state index contributed by atoms with van der Waals surface area (Å²) in [6.07, 6.45) is 11.1. The van der Waals surface area contributed by atoms with Crippen molar-refractivity contribution in [1.82, 2.24) is 5.43 Å². The van der Waals surface area contributed by atoms with Crippen molar-refractivity contribution in [2.24, 2.45) is 17.7 Å².